The van der Waals surface area contributed by atoms with Crippen molar-refractivity contribution in [2.45, 2.75) is 78.4 Å². The number of hydrogen-bond acceptors (Lipinski definition) is 3. The molecule has 7 heteroatoms. The number of fused-ring (bicyclic) bond motifs is 2. The van der Waals surface area contributed by atoms with E-state index in [4.69, 9.17) is 12.3 Å². The second-order valence-electron chi connectivity index (χ2n) is 11.9. The second-order valence-corrected chi connectivity index (χ2v) is 24.9. The molecule has 3 aliphatic rings. The maximum Gasteiger partial charge on any atom is 0.411 e. The average Bonchev–Trinajstić information content (AvgIpc) is 2.65. The van der Waals surface area contributed by atoms with E-state index in [1.165, 1.54) is 30.5 Å². The van der Waals surface area contributed by atoms with Gasteiger partial charge in [-0.05, 0) is 92.1 Å². The molecule has 0 N–H and O–H groups in total. The Balaban J connectivity index is 1.75. The molecule has 0 amide bonds. The fourth-order valence-corrected chi connectivity index (χ4v) is 17.8. The molecule has 3 aliphatic carbocycles. The van der Waals surface area contributed by atoms with Crippen LogP contribution in [0.4, 0.5) is 0 Å². The molecule has 0 aliphatic heterocycles. The van der Waals surface area contributed by atoms with Crippen LogP contribution in [-0.4, -0.2) is 35.2 Å². The van der Waals surface area contributed by atoms with Crippen LogP contribution in [0.3, 0.4) is 0 Å². The zero-order valence-corrected chi connectivity index (χ0v) is 24.9. The molecule has 4 unspecified atom stereocenters. The van der Waals surface area contributed by atoms with Gasteiger partial charge >= 0.3 is 18.6 Å². The van der Waals surface area contributed by atoms with Gasteiger partial charge in [0.2, 0.25) is 8.32 Å². The van der Waals surface area contributed by atoms with Gasteiger partial charge in [0.15, 0.2) is 8.32 Å². The van der Waals surface area contributed by atoms with E-state index in [2.05, 4.69) is 84.0 Å². The van der Waals surface area contributed by atoms with Crippen LogP contribution in [0.25, 0.3) is 6.08 Å². The molecule has 3 saturated carbocycles. The normalized spacial score (nSPS) is 27.3. The molecule has 1 aromatic carbocycles. The Morgan fingerprint density at radius 2 is 1.68 bits per heavy atom. The number of hydrogen-bond donors (Lipinski definition) is 0. The van der Waals surface area contributed by atoms with Gasteiger partial charge in [0.1, 0.15) is 0 Å². The minimum absolute atomic E-state index is 0.0565. The van der Waals surface area contributed by atoms with Crippen LogP contribution in [0.1, 0.15) is 38.7 Å². The lowest BCUT2D eigenvalue weighted by molar-refractivity contribution is -0.0994. The largest absolute Gasteiger partial charge is 0.437 e. The lowest BCUT2D eigenvalue weighted by atomic mass is 9.46. The van der Waals surface area contributed by atoms with Crippen molar-refractivity contribution >= 4 is 46.5 Å². The molecule has 31 heavy (non-hydrogen) atoms. The van der Waals surface area contributed by atoms with E-state index >= 15 is 0 Å². The summed E-state index contributed by atoms with van der Waals surface area (Å²) in [6, 6.07) is 10.1. The number of rotatable bonds is 10. The molecule has 4 atom stereocenters. The Hall–Kier alpha value is -0.292. The minimum atomic E-state index is -2.18. The molecule has 4 rings (SSSR count). The molecule has 2 radical (unpaired) electrons. The Morgan fingerprint density at radius 1 is 1.03 bits per heavy atom. The summed E-state index contributed by atoms with van der Waals surface area (Å²) < 4.78 is 19.4. The highest BCUT2D eigenvalue weighted by molar-refractivity contribution is 6.89. The first kappa shape index (κ1) is 25.3. The van der Waals surface area contributed by atoms with E-state index in [1.807, 2.05) is 6.08 Å². The van der Waals surface area contributed by atoms with E-state index in [0.717, 1.165) is 23.3 Å². The molecule has 0 heterocycles. The first-order valence-corrected chi connectivity index (χ1v) is 21.5. The topological polar surface area (TPSA) is 27.7 Å². The second kappa shape index (κ2) is 9.16. The van der Waals surface area contributed by atoms with E-state index in [9.17, 15) is 0 Å². The van der Waals surface area contributed by atoms with Crippen molar-refractivity contribution in [3.63, 3.8) is 0 Å². The van der Waals surface area contributed by atoms with Gasteiger partial charge in [-0.2, -0.15) is 0 Å². The lowest BCUT2D eigenvalue weighted by Crippen LogP contribution is -2.57. The van der Waals surface area contributed by atoms with Crippen LogP contribution in [0.15, 0.2) is 30.8 Å². The van der Waals surface area contributed by atoms with Gasteiger partial charge in [-0.15, -0.1) is 0 Å². The summed E-state index contributed by atoms with van der Waals surface area (Å²) in [4.78, 5) is 0. The van der Waals surface area contributed by atoms with Crippen molar-refractivity contribution in [1.82, 2.24) is 0 Å². The van der Waals surface area contributed by atoms with Gasteiger partial charge in [-0.25, -0.2) is 0 Å². The zero-order chi connectivity index (χ0) is 23.1. The third-order valence-corrected chi connectivity index (χ3v) is 19.2. The molecule has 0 saturated heterocycles. The molecule has 172 valence electrons. The van der Waals surface area contributed by atoms with Crippen LogP contribution in [0.5, 0.6) is 0 Å². The van der Waals surface area contributed by atoms with E-state index in [-0.39, 0.29) is 10.0 Å². The van der Waals surface area contributed by atoms with Gasteiger partial charge in [0, 0.05) is 0 Å². The summed E-state index contributed by atoms with van der Waals surface area (Å²) >= 11 is 0. The lowest BCUT2D eigenvalue weighted by Gasteiger charge is -2.61. The molecule has 2 bridgehead atoms. The third kappa shape index (κ3) is 5.99. The standard InChI is InChI=1S/C24H42O3Si4/c1-10-19-11-15-22(16-12-19)31(9,26-28-25-30(7,8)27-29(4,5)6)18-20-13-14-21-17-23(20)24(21,2)3/h10-12,15-16,20-21,23H,1,13-14,17-18H2,2-9H3. The van der Waals surface area contributed by atoms with Gasteiger partial charge in [0.25, 0.3) is 0 Å². The van der Waals surface area contributed by atoms with Crippen molar-refractivity contribution in [2.24, 2.45) is 23.2 Å². The summed E-state index contributed by atoms with van der Waals surface area (Å²) in [7, 11) is -5.91. The highest BCUT2D eigenvalue weighted by Gasteiger charge is 2.55. The first-order chi connectivity index (χ1) is 14.3. The van der Waals surface area contributed by atoms with Crippen LogP contribution in [0, 0.1) is 23.2 Å². The van der Waals surface area contributed by atoms with Gasteiger partial charge in [0.05, 0.1) is 0 Å². The molecule has 3 nitrogen and oxygen atoms in total. The maximum atomic E-state index is 6.76. The van der Waals surface area contributed by atoms with E-state index < -0.39 is 25.2 Å². The van der Waals surface area contributed by atoms with E-state index in [1.54, 1.807) is 0 Å². The molecular weight excluding hydrogens is 449 g/mol. The minimum Gasteiger partial charge on any atom is -0.437 e. The molecule has 0 spiro atoms. The fraction of sp³-hybridized carbons (Fsp3) is 0.667. The highest BCUT2D eigenvalue weighted by Crippen LogP contribution is 2.62. The predicted octanol–water partition coefficient (Wildman–Crippen LogP) is 6.30. The molecule has 0 aromatic heterocycles. The van der Waals surface area contributed by atoms with Crippen molar-refractivity contribution in [1.29, 1.82) is 0 Å². The predicted molar refractivity (Wildman–Crippen MR) is 141 cm³/mol. The zero-order valence-electron chi connectivity index (χ0n) is 20.9. The Morgan fingerprint density at radius 3 is 2.19 bits per heavy atom. The average molecular weight is 491 g/mol. The van der Waals surface area contributed by atoms with Crippen LogP contribution < -0.4 is 5.19 Å². The highest BCUT2D eigenvalue weighted by atomic mass is 28.5. The van der Waals surface area contributed by atoms with Crippen LogP contribution in [0.2, 0.25) is 45.3 Å². The SMILES string of the molecule is C=Cc1ccc([Si](C)(CC2CCC3CC2C3(C)C)O[Si]O[Si](C)(C)O[Si](C)(C)C)cc1. The Kier molecular flexibility index (Phi) is 7.48. The summed E-state index contributed by atoms with van der Waals surface area (Å²) in [5.74, 6) is 2.55. The summed E-state index contributed by atoms with van der Waals surface area (Å²) in [6.45, 7) is 22.3. The summed E-state index contributed by atoms with van der Waals surface area (Å²) in [6.07, 6.45) is 6.07. The monoisotopic (exact) mass is 490 g/mol. The van der Waals surface area contributed by atoms with E-state index in [0.29, 0.717) is 5.41 Å². The van der Waals surface area contributed by atoms with Crippen molar-refractivity contribution < 1.29 is 12.3 Å². The summed E-state index contributed by atoms with van der Waals surface area (Å²) in [5, 5.41) is 1.37. The van der Waals surface area contributed by atoms with Gasteiger partial charge in [-0.3, -0.25) is 0 Å². The third-order valence-electron chi connectivity index (χ3n) is 7.52. The van der Waals surface area contributed by atoms with Crippen molar-refractivity contribution in [3.05, 3.63) is 36.4 Å². The van der Waals surface area contributed by atoms with Crippen molar-refractivity contribution in [3.8, 4) is 0 Å². The number of benzene rings is 1. The Labute approximate surface area is 196 Å². The quantitative estimate of drug-likeness (QED) is 0.360. The fourth-order valence-electron chi connectivity index (χ4n) is 5.87. The van der Waals surface area contributed by atoms with Gasteiger partial charge in [-0.1, -0.05) is 57.2 Å². The van der Waals surface area contributed by atoms with Crippen LogP contribution >= 0.6 is 0 Å². The van der Waals surface area contributed by atoms with Crippen molar-refractivity contribution in [2.75, 3.05) is 0 Å². The first-order valence-electron chi connectivity index (χ1n) is 11.8. The molecule has 3 fully saturated rings. The van der Waals surface area contributed by atoms with Crippen LogP contribution in [-0.2, 0) is 12.3 Å². The molecule has 1 aromatic rings. The maximum absolute atomic E-state index is 6.76. The smallest absolute Gasteiger partial charge is 0.411 e. The summed E-state index contributed by atoms with van der Waals surface area (Å²) in [5.41, 5.74) is 1.67. The Bertz CT molecular complexity index is 770. The molecular formula is C24H42O3Si4. The van der Waals surface area contributed by atoms with Gasteiger partial charge < -0.3 is 12.3 Å².